The third kappa shape index (κ3) is 4.58. The topological polar surface area (TPSA) is 63.4 Å². The van der Waals surface area contributed by atoms with Gasteiger partial charge in [-0.2, -0.15) is 0 Å². The van der Waals surface area contributed by atoms with Crippen LogP contribution in [0.5, 0.6) is 0 Å². The van der Waals surface area contributed by atoms with Crippen molar-refractivity contribution in [3.63, 3.8) is 0 Å². The molecule has 0 radical (unpaired) electrons. The number of primary amides is 1. The number of aryl methyl sites for hydroxylation is 1. The van der Waals surface area contributed by atoms with Gasteiger partial charge in [0, 0.05) is 12.1 Å². The van der Waals surface area contributed by atoms with E-state index in [9.17, 15) is 9.59 Å². The van der Waals surface area contributed by atoms with Gasteiger partial charge in [-0.05, 0) is 32.4 Å². The Morgan fingerprint density at radius 2 is 1.84 bits per heavy atom. The quantitative estimate of drug-likeness (QED) is 0.819. The van der Waals surface area contributed by atoms with Crippen LogP contribution in [-0.2, 0) is 9.59 Å². The van der Waals surface area contributed by atoms with Gasteiger partial charge < -0.3 is 10.6 Å². The van der Waals surface area contributed by atoms with Crippen LogP contribution in [0.4, 0.5) is 0 Å². The third-order valence-electron chi connectivity index (χ3n) is 2.81. The van der Waals surface area contributed by atoms with E-state index in [4.69, 9.17) is 5.73 Å². The summed E-state index contributed by atoms with van der Waals surface area (Å²) in [6, 6.07) is 7.89. The second-order valence-corrected chi connectivity index (χ2v) is 4.52. The molecule has 0 aromatic heterocycles. The summed E-state index contributed by atoms with van der Waals surface area (Å²) in [6.07, 6.45) is 1.81. The van der Waals surface area contributed by atoms with Gasteiger partial charge in [-0.1, -0.05) is 29.8 Å². The number of hydrogen-bond donors (Lipinski definition) is 1. The van der Waals surface area contributed by atoms with Crippen LogP contribution in [0.3, 0.4) is 0 Å². The van der Waals surface area contributed by atoms with Crippen molar-refractivity contribution >= 4 is 17.9 Å². The fourth-order valence-electron chi connectivity index (χ4n) is 1.74. The summed E-state index contributed by atoms with van der Waals surface area (Å²) in [4.78, 5) is 24.5. The van der Waals surface area contributed by atoms with Crippen LogP contribution in [0.15, 0.2) is 29.8 Å². The van der Waals surface area contributed by atoms with Crippen molar-refractivity contribution in [3.05, 3.63) is 41.0 Å². The molecule has 4 heteroatoms. The Labute approximate surface area is 113 Å². The second-order valence-electron chi connectivity index (χ2n) is 4.52. The lowest BCUT2D eigenvalue weighted by molar-refractivity contribution is -0.131. The molecule has 19 heavy (non-hydrogen) atoms. The molecule has 0 aliphatic carbocycles. The number of nitrogens with two attached hydrogens (primary N) is 1. The summed E-state index contributed by atoms with van der Waals surface area (Å²) >= 11 is 0. The van der Waals surface area contributed by atoms with Gasteiger partial charge in [0.1, 0.15) is 0 Å². The SMILES string of the molecule is CCN(CC(N)=O)C(=O)C(C)=Cc1ccc(C)cc1. The summed E-state index contributed by atoms with van der Waals surface area (Å²) < 4.78 is 0. The van der Waals surface area contributed by atoms with E-state index in [-0.39, 0.29) is 12.5 Å². The summed E-state index contributed by atoms with van der Waals surface area (Å²) in [6.45, 7) is 5.98. The highest BCUT2D eigenvalue weighted by Gasteiger charge is 2.15. The molecule has 0 saturated carbocycles. The maximum atomic E-state index is 12.1. The van der Waals surface area contributed by atoms with Gasteiger partial charge in [0.15, 0.2) is 0 Å². The van der Waals surface area contributed by atoms with E-state index in [2.05, 4.69) is 0 Å². The molecule has 0 heterocycles. The standard InChI is InChI=1S/C15H20N2O2/c1-4-17(10-14(16)18)15(19)12(3)9-13-7-5-11(2)6-8-13/h5-9H,4,10H2,1-3H3,(H2,16,18). The largest absolute Gasteiger partial charge is 0.368 e. The zero-order chi connectivity index (χ0) is 14.4. The molecule has 2 amide bonds. The summed E-state index contributed by atoms with van der Waals surface area (Å²) in [7, 11) is 0. The molecule has 4 nitrogen and oxygen atoms in total. The molecule has 0 saturated heterocycles. The Bertz CT molecular complexity index is 489. The van der Waals surface area contributed by atoms with Gasteiger partial charge in [0.05, 0.1) is 6.54 Å². The van der Waals surface area contributed by atoms with E-state index in [1.807, 2.05) is 44.2 Å². The molecule has 0 bridgehead atoms. The molecule has 0 unspecified atom stereocenters. The van der Waals surface area contributed by atoms with Crippen LogP contribution in [0.2, 0.25) is 0 Å². The van der Waals surface area contributed by atoms with Crippen LogP contribution in [0.25, 0.3) is 6.08 Å². The van der Waals surface area contributed by atoms with E-state index in [1.54, 1.807) is 6.92 Å². The molecule has 0 spiro atoms. The highest BCUT2D eigenvalue weighted by molar-refractivity contribution is 5.98. The van der Waals surface area contributed by atoms with Gasteiger partial charge in [-0.25, -0.2) is 0 Å². The number of carbonyl (C=O) groups excluding carboxylic acids is 2. The first-order chi connectivity index (χ1) is 8.93. The normalized spacial score (nSPS) is 11.2. The molecular weight excluding hydrogens is 240 g/mol. The van der Waals surface area contributed by atoms with Crippen molar-refractivity contribution in [1.82, 2.24) is 4.90 Å². The lowest BCUT2D eigenvalue weighted by atomic mass is 10.1. The number of likely N-dealkylation sites (N-methyl/N-ethyl adjacent to an activating group) is 1. The Kier molecular flexibility index (Phi) is 5.30. The van der Waals surface area contributed by atoms with Crippen molar-refractivity contribution in [2.45, 2.75) is 20.8 Å². The van der Waals surface area contributed by atoms with Crippen molar-refractivity contribution in [1.29, 1.82) is 0 Å². The monoisotopic (exact) mass is 260 g/mol. The van der Waals surface area contributed by atoms with Crippen LogP contribution >= 0.6 is 0 Å². The van der Waals surface area contributed by atoms with E-state index in [1.165, 1.54) is 10.5 Å². The number of rotatable bonds is 5. The summed E-state index contributed by atoms with van der Waals surface area (Å²) in [5, 5.41) is 0. The minimum Gasteiger partial charge on any atom is -0.368 e. The molecule has 0 atom stereocenters. The number of amides is 2. The predicted octanol–water partition coefficient (Wildman–Crippen LogP) is 1.73. The highest BCUT2D eigenvalue weighted by Crippen LogP contribution is 2.10. The fraction of sp³-hybridized carbons (Fsp3) is 0.333. The molecule has 0 aliphatic rings. The van der Waals surface area contributed by atoms with Gasteiger partial charge >= 0.3 is 0 Å². The molecule has 1 aromatic rings. The zero-order valence-electron chi connectivity index (χ0n) is 11.6. The maximum Gasteiger partial charge on any atom is 0.249 e. The molecule has 1 aromatic carbocycles. The molecule has 1 rings (SSSR count). The third-order valence-corrected chi connectivity index (χ3v) is 2.81. The molecule has 2 N–H and O–H groups in total. The second kappa shape index (κ2) is 6.73. The average Bonchev–Trinajstić information content (AvgIpc) is 2.37. The van der Waals surface area contributed by atoms with Gasteiger partial charge in [0.25, 0.3) is 0 Å². The molecule has 0 fully saturated rings. The zero-order valence-corrected chi connectivity index (χ0v) is 11.6. The van der Waals surface area contributed by atoms with E-state index < -0.39 is 5.91 Å². The fourth-order valence-corrected chi connectivity index (χ4v) is 1.74. The number of carbonyl (C=O) groups is 2. The van der Waals surface area contributed by atoms with Gasteiger partial charge in [-0.15, -0.1) is 0 Å². The van der Waals surface area contributed by atoms with Crippen molar-refractivity contribution in [2.24, 2.45) is 5.73 Å². The smallest absolute Gasteiger partial charge is 0.249 e. The highest BCUT2D eigenvalue weighted by atomic mass is 16.2. The van der Waals surface area contributed by atoms with Crippen LogP contribution in [0.1, 0.15) is 25.0 Å². The molecule has 0 aliphatic heterocycles. The molecular formula is C15H20N2O2. The van der Waals surface area contributed by atoms with Crippen LogP contribution in [-0.4, -0.2) is 29.8 Å². The lowest BCUT2D eigenvalue weighted by Gasteiger charge is -2.19. The first-order valence-electron chi connectivity index (χ1n) is 6.26. The minimum absolute atomic E-state index is 0.0472. The Morgan fingerprint density at radius 3 is 2.32 bits per heavy atom. The number of hydrogen-bond acceptors (Lipinski definition) is 2. The van der Waals surface area contributed by atoms with Gasteiger partial charge in [0.2, 0.25) is 11.8 Å². The van der Waals surface area contributed by atoms with Crippen molar-refractivity contribution in [2.75, 3.05) is 13.1 Å². The van der Waals surface area contributed by atoms with Crippen molar-refractivity contribution < 1.29 is 9.59 Å². The first kappa shape index (κ1) is 15.0. The summed E-state index contributed by atoms with van der Waals surface area (Å²) in [5.74, 6) is -0.666. The van der Waals surface area contributed by atoms with Gasteiger partial charge in [-0.3, -0.25) is 9.59 Å². The van der Waals surface area contributed by atoms with E-state index in [0.29, 0.717) is 12.1 Å². The predicted molar refractivity (Wildman–Crippen MR) is 76.3 cm³/mol. The van der Waals surface area contributed by atoms with Crippen LogP contribution in [0, 0.1) is 6.92 Å². The summed E-state index contributed by atoms with van der Waals surface area (Å²) in [5.41, 5.74) is 7.85. The first-order valence-corrected chi connectivity index (χ1v) is 6.26. The van der Waals surface area contributed by atoms with Crippen LogP contribution < -0.4 is 5.73 Å². The van der Waals surface area contributed by atoms with E-state index in [0.717, 1.165) is 5.56 Å². The molecule has 102 valence electrons. The number of nitrogens with zero attached hydrogens (tertiary/aromatic N) is 1. The minimum atomic E-state index is -0.502. The average molecular weight is 260 g/mol. The Hall–Kier alpha value is -2.10. The van der Waals surface area contributed by atoms with E-state index >= 15 is 0 Å². The Balaban J connectivity index is 2.85. The van der Waals surface area contributed by atoms with Crippen molar-refractivity contribution in [3.8, 4) is 0 Å². The Morgan fingerprint density at radius 1 is 1.26 bits per heavy atom. The lowest BCUT2D eigenvalue weighted by Crippen LogP contribution is -2.38. The number of benzene rings is 1. The maximum absolute atomic E-state index is 12.1.